The third-order valence-corrected chi connectivity index (χ3v) is 2.82. The Kier molecular flexibility index (Phi) is 2.86. The number of aliphatic hydroxyl groups is 1. The SMILES string of the molecule is CC(C)Oc1cncc(C2(O)CC(N)C2)c1. The molecule has 1 aromatic heterocycles. The van der Waals surface area contributed by atoms with Crippen LogP contribution in [0.2, 0.25) is 0 Å². The van der Waals surface area contributed by atoms with Gasteiger partial charge in [-0.1, -0.05) is 0 Å². The fraction of sp³-hybridized carbons (Fsp3) is 0.583. The fourth-order valence-corrected chi connectivity index (χ4v) is 2.05. The lowest BCUT2D eigenvalue weighted by atomic mass is 9.72. The third kappa shape index (κ3) is 2.18. The lowest BCUT2D eigenvalue weighted by molar-refractivity contribution is -0.0527. The average molecular weight is 222 g/mol. The molecule has 2 rings (SSSR count). The molecule has 1 fully saturated rings. The quantitative estimate of drug-likeness (QED) is 0.805. The molecule has 0 saturated heterocycles. The highest BCUT2D eigenvalue weighted by molar-refractivity contribution is 5.30. The second kappa shape index (κ2) is 4.03. The monoisotopic (exact) mass is 222 g/mol. The molecule has 4 nitrogen and oxygen atoms in total. The zero-order chi connectivity index (χ0) is 11.8. The summed E-state index contributed by atoms with van der Waals surface area (Å²) in [5.74, 6) is 0.696. The van der Waals surface area contributed by atoms with E-state index in [9.17, 15) is 5.11 Å². The predicted octanol–water partition coefficient (Wildman–Crippen LogP) is 1.18. The van der Waals surface area contributed by atoms with Crippen LogP contribution in [0.1, 0.15) is 32.3 Å². The first-order valence-electron chi connectivity index (χ1n) is 5.60. The highest BCUT2D eigenvalue weighted by atomic mass is 16.5. The summed E-state index contributed by atoms with van der Waals surface area (Å²) in [5, 5.41) is 10.2. The Hall–Kier alpha value is -1.13. The highest BCUT2D eigenvalue weighted by Crippen LogP contribution is 2.40. The lowest BCUT2D eigenvalue weighted by Crippen LogP contribution is -2.49. The number of ether oxygens (including phenoxy) is 1. The van der Waals surface area contributed by atoms with Crippen molar-refractivity contribution in [2.45, 2.75) is 44.4 Å². The second-order valence-electron chi connectivity index (χ2n) is 4.78. The maximum atomic E-state index is 10.2. The van der Waals surface area contributed by atoms with Crippen molar-refractivity contribution in [3.8, 4) is 5.75 Å². The maximum Gasteiger partial charge on any atom is 0.138 e. The summed E-state index contributed by atoms with van der Waals surface area (Å²) in [4.78, 5) is 4.09. The highest BCUT2D eigenvalue weighted by Gasteiger charge is 2.42. The van der Waals surface area contributed by atoms with Gasteiger partial charge in [0.15, 0.2) is 0 Å². The van der Waals surface area contributed by atoms with Crippen LogP contribution in [0, 0.1) is 0 Å². The van der Waals surface area contributed by atoms with E-state index in [0.717, 1.165) is 5.56 Å². The zero-order valence-corrected chi connectivity index (χ0v) is 9.68. The standard InChI is InChI=1S/C12H18N2O2/c1-8(2)16-11-3-9(6-14-7-11)12(15)4-10(13)5-12/h3,6-8,10,15H,4-5,13H2,1-2H3. The Morgan fingerprint density at radius 2 is 2.19 bits per heavy atom. The first-order chi connectivity index (χ1) is 7.49. The van der Waals surface area contributed by atoms with E-state index in [2.05, 4.69) is 4.98 Å². The van der Waals surface area contributed by atoms with Crippen LogP contribution in [0.25, 0.3) is 0 Å². The smallest absolute Gasteiger partial charge is 0.138 e. The number of pyridine rings is 1. The molecule has 0 bridgehead atoms. The van der Waals surface area contributed by atoms with E-state index in [-0.39, 0.29) is 12.1 Å². The van der Waals surface area contributed by atoms with Crippen LogP contribution in [0.3, 0.4) is 0 Å². The van der Waals surface area contributed by atoms with Crippen molar-refractivity contribution in [3.05, 3.63) is 24.0 Å². The molecule has 0 unspecified atom stereocenters. The van der Waals surface area contributed by atoms with Crippen molar-refractivity contribution in [2.75, 3.05) is 0 Å². The molecule has 1 saturated carbocycles. The minimum Gasteiger partial charge on any atom is -0.489 e. The Labute approximate surface area is 95.4 Å². The largest absolute Gasteiger partial charge is 0.489 e. The molecule has 16 heavy (non-hydrogen) atoms. The summed E-state index contributed by atoms with van der Waals surface area (Å²) < 4.78 is 5.54. The fourth-order valence-electron chi connectivity index (χ4n) is 2.05. The number of hydrogen-bond acceptors (Lipinski definition) is 4. The van der Waals surface area contributed by atoms with Crippen LogP contribution >= 0.6 is 0 Å². The van der Waals surface area contributed by atoms with Gasteiger partial charge in [0, 0.05) is 17.8 Å². The van der Waals surface area contributed by atoms with Gasteiger partial charge in [0.1, 0.15) is 5.75 Å². The van der Waals surface area contributed by atoms with Gasteiger partial charge >= 0.3 is 0 Å². The van der Waals surface area contributed by atoms with Crippen LogP contribution in [0.5, 0.6) is 5.75 Å². The van der Waals surface area contributed by atoms with E-state index in [1.807, 2.05) is 19.9 Å². The topological polar surface area (TPSA) is 68.4 Å². The lowest BCUT2D eigenvalue weighted by Gasteiger charge is -2.41. The van der Waals surface area contributed by atoms with Gasteiger partial charge in [0.2, 0.25) is 0 Å². The third-order valence-electron chi connectivity index (χ3n) is 2.82. The van der Waals surface area contributed by atoms with E-state index in [0.29, 0.717) is 18.6 Å². The predicted molar refractivity (Wildman–Crippen MR) is 61.1 cm³/mol. The molecule has 0 aliphatic heterocycles. The van der Waals surface area contributed by atoms with Gasteiger partial charge in [-0.2, -0.15) is 0 Å². The van der Waals surface area contributed by atoms with Gasteiger partial charge in [0.05, 0.1) is 17.9 Å². The molecule has 1 aliphatic rings. The number of nitrogens with zero attached hydrogens (tertiary/aromatic N) is 1. The summed E-state index contributed by atoms with van der Waals surface area (Å²) in [6.45, 7) is 3.92. The normalized spacial score (nSPS) is 28.9. The Morgan fingerprint density at radius 1 is 1.50 bits per heavy atom. The van der Waals surface area contributed by atoms with Gasteiger partial charge in [-0.05, 0) is 32.8 Å². The molecule has 0 amide bonds. The van der Waals surface area contributed by atoms with Gasteiger partial charge in [-0.15, -0.1) is 0 Å². The van der Waals surface area contributed by atoms with Gasteiger partial charge in [-0.3, -0.25) is 4.98 Å². The summed E-state index contributed by atoms with van der Waals surface area (Å²) in [5.41, 5.74) is 5.69. The summed E-state index contributed by atoms with van der Waals surface area (Å²) in [6, 6.07) is 1.94. The molecule has 1 aliphatic carbocycles. The average Bonchev–Trinajstić information content (AvgIpc) is 2.15. The summed E-state index contributed by atoms with van der Waals surface area (Å²) in [7, 11) is 0. The molecule has 1 heterocycles. The number of hydrogen-bond donors (Lipinski definition) is 2. The van der Waals surface area contributed by atoms with Crippen LogP contribution in [0.4, 0.5) is 0 Å². The zero-order valence-electron chi connectivity index (χ0n) is 9.68. The molecule has 0 radical (unpaired) electrons. The van der Waals surface area contributed by atoms with Crippen molar-refractivity contribution in [1.29, 1.82) is 0 Å². The molecule has 0 spiro atoms. The van der Waals surface area contributed by atoms with Gasteiger partial charge in [0.25, 0.3) is 0 Å². The molecule has 88 valence electrons. The Balaban J connectivity index is 2.16. The van der Waals surface area contributed by atoms with Crippen molar-refractivity contribution in [1.82, 2.24) is 4.98 Å². The van der Waals surface area contributed by atoms with Crippen molar-refractivity contribution < 1.29 is 9.84 Å². The van der Waals surface area contributed by atoms with Gasteiger partial charge < -0.3 is 15.6 Å². The van der Waals surface area contributed by atoms with Crippen LogP contribution in [0.15, 0.2) is 18.5 Å². The number of rotatable bonds is 3. The van der Waals surface area contributed by atoms with E-state index < -0.39 is 5.60 Å². The van der Waals surface area contributed by atoms with Crippen LogP contribution in [-0.4, -0.2) is 22.2 Å². The summed E-state index contributed by atoms with van der Waals surface area (Å²) >= 11 is 0. The second-order valence-corrected chi connectivity index (χ2v) is 4.78. The van der Waals surface area contributed by atoms with E-state index in [1.54, 1.807) is 12.4 Å². The minimum absolute atomic E-state index is 0.0969. The van der Waals surface area contributed by atoms with Crippen molar-refractivity contribution >= 4 is 0 Å². The van der Waals surface area contributed by atoms with Crippen LogP contribution in [-0.2, 0) is 5.60 Å². The molecular formula is C12H18N2O2. The van der Waals surface area contributed by atoms with Gasteiger partial charge in [-0.25, -0.2) is 0 Å². The molecule has 4 heteroatoms. The Bertz CT molecular complexity index is 373. The van der Waals surface area contributed by atoms with E-state index >= 15 is 0 Å². The molecule has 0 atom stereocenters. The Morgan fingerprint density at radius 3 is 2.75 bits per heavy atom. The molecule has 0 aromatic carbocycles. The first kappa shape index (κ1) is 11.4. The van der Waals surface area contributed by atoms with E-state index in [1.165, 1.54) is 0 Å². The van der Waals surface area contributed by atoms with Crippen molar-refractivity contribution in [2.24, 2.45) is 5.73 Å². The molecule has 1 aromatic rings. The number of aromatic nitrogens is 1. The van der Waals surface area contributed by atoms with Crippen LogP contribution < -0.4 is 10.5 Å². The molecule has 3 N–H and O–H groups in total. The first-order valence-corrected chi connectivity index (χ1v) is 5.60. The molecular weight excluding hydrogens is 204 g/mol. The minimum atomic E-state index is -0.803. The summed E-state index contributed by atoms with van der Waals surface area (Å²) in [6.07, 6.45) is 4.64. The maximum absolute atomic E-state index is 10.2. The van der Waals surface area contributed by atoms with Crippen molar-refractivity contribution in [3.63, 3.8) is 0 Å². The van der Waals surface area contributed by atoms with E-state index in [4.69, 9.17) is 10.5 Å². The number of nitrogens with two attached hydrogens (primary N) is 1.